The van der Waals surface area contributed by atoms with Crippen LogP contribution in [-0.4, -0.2) is 37.4 Å². The summed E-state index contributed by atoms with van der Waals surface area (Å²) in [6.07, 6.45) is 4.69. The number of ether oxygens (including phenoxy) is 1. The maximum absolute atomic E-state index is 13.7. The largest absolute Gasteiger partial charge is 0.455 e. The number of benzene rings is 3. The number of sulfonamides is 1. The molecule has 2 amide bonds. The van der Waals surface area contributed by atoms with Gasteiger partial charge in [0.1, 0.15) is 11.6 Å². The average Bonchev–Trinajstić information content (AvgIpc) is 3.65. The molecule has 7 nitrogen and oxygen atoms in total. The Labute approximate surface area is 243 Å². The predicted octanol–water partition coefficient (Wildman–Crippen LogP) is 7.30. The van der Waals surface area contributed by atoms with Gasteiger partial charge in [-0.05, 0) is 92.6 Å². The van der Waals surface area contributed by atoms with Crippen LogP contribution in [-0.2, 0) is 16.4 Å². The molecule has 1 heterocycles. The van der Waals surface area contributed by atoms with Gasteiger partial charge < -0.3 is 15.4 Å². The molecule has 40 heavy (non-hydrogen) atoms. The Hall–Kier alpha value is -2.85. The van der Waals surface area contributed by atoms with Gasteiger partial charge in [-0.1, -0.05) is 41.8 Å². The Morgan fingerprint density at radius 2 is 1.70 bits per heavy atom. The Balaban J connectivity index is 1.40. The first-order chi connectivity index (χ1) is 19.0. The van der Waals surface area contributed by atoms with Crippen molar-refractivity contribution in [3.05, 3.63) is 81.6 Å². The summed E-state index contributed by atoms with van der Waals surface area (Å²) in [5, 5.41) is 6.55. The van der Waals surface area contributed by atoms with Crippen LogP contribution in [0.2, 0.25) is 10.0 Å². The van der Waals surface area contributed by atoms with E-state index >= 15 is 0 Å². The SMILES string of the molecule is Cc1cc(CC2(NC(=O)Nc3cc(S(=O)(=O)N4CCCCC4)ccc3Oc3cc(Cl)cc(Cl)c3)CC2)ccc1F. The van der Waals surface area contributed by atoms with Gasteiger partial charge in [0.15, 0.2) is 5.75 Å². The summed E-state index contributed by atoms with van der Waals surface area (Å²) in [5.74, 6) is 0.287. The number of rotatable bonds is 8. The van der Waals surface area contributed by atoms with Crippen LogP contribution in [0.25, 0.3) is 0 Å². The predicted molar refractivity (Wildman–Crippen MR) is 155 cm³/mol. The van der Waals surface area contributed by atoms with Crippen molar-refractivity contribution in [2.24, 2.45) is 0 Å². The second-order valence-corrected chi connectivity index (χ2v) is 13.3. The number of hydrogen-bond acceptors (Lipinski definition) is 4. The molecular formula is C29H30Cl2FN3O4S. The molecule has 0 spiro atoms. The van der Waals surface area contributed by atoms with Crippen LogP contribution in [0.15, 0.2) is 59.5 Å². The highest BCUT2D eigenvalue weighted by molar-refractivity contribution is 7.89. The molecule has 2 N–H and O–H groups in total. The first-order valence-electron chi connectivity index (χ1n) is 13.2. The van der Waals surface area contributed by atoms with Crippen molar-refractivity contribution in [3.63, 3.8) is 0 Å². The Morgan fingerprint density at radius 3 is 2.35 bits per heavy atom. The van der Waals surface area contributed by atoms with E-state index in [1.54, 1.807) is 37.3 Å². The Morgan fingerprint density at radius 1 is 1.00 bits per heavy atom. The number of carbonyl (C=O) groups is 1. The molecule has 3 aromatic rings. The minimum Gasteiger partial charge on any atom is -0.455 e. The van der Waals surface area contributed by atoms with Gasteiger partial charge in [0.2, 0.25) is 10.0 Å². The summed E-state index contributed by atoms with van der Waals surface area (Å²) in [6, 6.07) is 13.5. The molecule has 1 aliphatic carbocycles. The zero-order valence-electron chi connectivity index (χ0n) is 22.0. The highest BCUT2D eigenvalue weighted by Crippen LogP contribution is 2.40. The van der Waals surface area contributed by atoms with E-state index in [1.807, 2.05) is 0 Å². The standard InChI is InChI=1S/C29H30Cl2FN3O4S/c1-19-13-20(5-7-25(19)32)18-29(9-10-29)34-28(36)33-26-17-24(40(37,38)35-11-3-2-4-12-35)6-8-27(26)39-23-15-21(30)14-22(31)16-23/h5-8,13-17H,2-4,9-12,18H2,1H3,(H2,33,34,36). The quantitative estimate of drug-likeness (QED) is 0.282. The van der Waals surface area contributed by atoms with Gasteiger partial charge in [0, 0.05) is 28.7 Å². The summed E-state index contributed by atoms with van der Waals surface area (Å²) in [5.41, 5.74) is 1.19. The molecule has 0 aromatic heterocycles. The molecule has 212 valence electrons. The van der Waals surface area contributed by atoms with Gasteiger partial charge >= 0.3 is 6.03 Å². The highest BCUT2D eigenvalue weighted by Gasteiger charge is 2.44. The molecule has 2 aliphatic rings. The van der Waals surface area contributed by atoms with Gasteiger partial charge in [-0.3, -0.25) is 0 Å². The smallest absolute Gasteiger partial charge is 0.319 e. The summed E-state index contributed by atoms with van der Waals surface area (Å²) < 4.78 is 47.9. The number of urea groups is 1. The number of halogens is 3. The molecule has 11 heteroatoms. The Kier molecular flexibility index (Phi) is 8.29. The van der Waals surface area contributed by atoms with E-state index in [2.05, 4.69) is 10.6 Å². The molecule has 0 radical (unpaired) electrons. The highest BCUT2D eigenvalue weighted by atomic mass is 35.5. The van der Waals surface area contributed by atoms with Crippen molar-refractivity contribution in [2.75, 3.05) is 18.4 Å². The number of hydrogen-bond donors (Lipinski definition) is 2. The third-order valence-electron chi connectivity index (χ3n) is 7.21. The van der Waals surface area contributed by atoms with Crippen LogP contribution in [0.3, 0.4) is 0 Å². The van der Waals surface area contributed by atoms with Crippen molar-refractivity contribution in [1.82, 2.24) is 9.62 Å². The van der Waals surface area contributed by atoms with Crippen LogP contribution in [0.1, 0.15) is 43.2 Å². The van der Waals surface area contributed by atoms with Gasteiger partial charge in [-0.25, -0.2) is 17.6 Å². The number of carbonyl (C=O) groups excluding carboxylic acids is 1. The van der Waals surface area contributed by atoms with Crippen molar-refractivity contribution in [3.8, 4) is 11.5 Å². The van der Waals surface area contributed by atoms with E-state index in [1.165, 1.54) is 28.6 Å². The van der Waals surface area contributed by atoms with Gasteiger partial charge in [-0.2, -0.15) is 4.31 Å². The van der Waals surface area contributed by atoms with Crippen molar-refractivity contribution in [2.45, 2.75) is 55.9 Å². The van der Waals surface area contributed by atoms with Crippen LogP contribution in [0, 0.1) is 12.7 Å². The zero-order chi connectivity index (χ0) is 28.5. The van der Waals surface area contributed by atoms with E-state index in [0.29, 0.717) is 40.9 Å². The minimum absolute atomic E-state index is 0.0594. The molecular weight excluding hydrogens is 576 g/mol. The molecule has 0 unspecified atom stereocenters. The number of amides is 2. The van der Waals surface area contributed by atoms with Gasteiger partial charge in [-0.15, -0.1) is 0 Å². The summed E-state index contributed by atoms with van der Waals surface area (Å²) >= 11 is 12.3. The lowest BCUT2D eigenvalue weighted by Gasteiger charge is -2.26. The lowest BCUT2D eigenvalue weighted by molar-refractivity contribution is 0.247. The molecule has 1 saturated heterocycles. The number of nitrogens with one attached hydrogen (secondary N) is 2. The van der Waals surface area contributed by atoms with Gasteiger partial charge in [0.05, 0.1) is 10.6 Å². The van der Waals surface area contributed by atoms with Gasteiger partial charge in [0.25, 0.3) is 0 Å². The van der Waals surface area contributed by atoms with E-state index in [4.69, 9.17) is 27.9 Å². The number of aryl methyl sites for hydroxylation is 1. The van der Waals surface area contributed by atoms with Crippen LogP contribution < -0.4 is 15.4 Å². The fourth-order valence-corrected chi connectivity index (χ4v) is 6.97. The molecule has 3 aromatic carbocycles. The summed E-state index contributed by atoms with van der Waals surface area (Å²) in [6.45, 7) is 2.62. The van der Waals surface area contributed by atoms with Crippen molar-refractivity contribution < 1.29 is 22.3 Å². The molecule has 5 rings (SSSR count). The normalized spacial score (nSPS) is 16.8. The van der Waals surface area contributed by atoms with Crippen molar-refractivity contribution >= 4 is 44.9 Å². The lowest BCUT2D eigenvalue weighted by Crippen LogP contribution is -2.41. The third kappa shape index (κ3) is 6.71. The molecule has 0 atom stereocenters. The summed E-state index contributed by atoms with van der Waals surface area (Å²) in [4.78, 5) is 13.3. The number of piperidine rings is 1. The zero-order valence-corrected chi connectivity index (χ0v) is 24.3. The van der Waals surface area contributed by atoms with E-state index in [-0.39, 0.29) is 22.1 Å². The second-order valence-electron chi connectivity index (χ2n) is 10.4. The topological polar surface area (TPSA) is 87.7 Å². The first-order valence-corrected chi connectivity index (χ1v) is 15.4. The fraction of sp³-hybridized carbons (Fsp3) is 0.345. The molecule has 1 saturated carbocycles. The number of anilines is 1. The monoisotopic (exact) mass is 605 g/mol. The fourth-order valence-electron chi connectivity index (χ4n) is 4.92. The molecule has 2 fully saturated rings. The third-order valence-corrected chi connectivity index (χ3v) is 9.54. The number of nitrogens with zero attached hydrogens (tertiary/aromatic N) is 1. The molecule has 0 bridgehead atoms. The molecule has 1 aliphatic heterocycles. The second kappa shape index (κ2) is 11.6. The summed E-state index contributed by atoms with van der Waals surface area (Å²) in [7, 11) is -3.76. The lowest BCUT2D eigenvalue weighted by atomic mass is 10.0. The van der Waals surface area contributed by atoms with E-state index < -0.39 is 21.6 Å². The Bertz CT molecular complexity index is 1520. The van der Waals surface area contributed by atoms with E-state index in [0.717, 1.165) is 37.7 Å². The van der Waals surface area contributed by atoms with Crippen LogP contribution in [0.5, 0.6) is 11.5 Å². The first kappa shape index (κ1) is 28.7. The van der Waals surface area contributed by atoms with Crippen molar-refractivity contribution in [1.29, 1.82) is 0 Å². The maximum Gasteiger partial charge on any atom is 0.319 e. The minimum atomic E-state index is -3.76. The van der Waals surface area contributed by atoms with Crippen LogP contribution in [0.4, 0.5) is 14.9 Å². The van der Waals surface area contributed by atoms with E-state index in [9.17, 15) is 17.6 Å². The maximum atomic E-state index is 13.7. The average molecular weight is 607 g/mol. The van der Waals surface area contributed by atoms with Crippen LogP contribution >= 0.6 is 23.2 Å².